The molecule has 1 N–H and O–H groups in total. The summed E-state index contributed by atoms with van der Waals surface area (Å²) in [5.74, 6) is 2.24. The standard InChI is InChI=1S/C26H31N5O8/c32-31(33)20-2-3-21-22(18-20)29-26(30-5-7-34-8-6-30)25(28-21)27-19-1-4-23-24(17-19)39-16-14-37-12-10-35-9-11-36-13-15-38-23/h1-4,17-18H,5-16H2,(H,27,28). The number of hydrogen-bond acceptors (Lipinski definition) is 12. The molecule has 3 heterocycles. The van der Waals surface area contributed by atoms with Crippen LogP contribution in [-0.4, -0.2) is 94.0 Å². The number of nitro groups is 1. The Kier molecular flexibility index (Phi) is 9.17. The minimum atomic E-state index is -0.439. The highest BCUT2D eigenvalue weighted by Gasteiger charge is 2.20. The number of aromatic nitrogens is 2. The van der Waals surface area contributed by atoms with Crippen LogP contribution in [-0.2, 0) is 18.9 Å². The molecule has 1 saturated heterocycles. The van der Waals surface area contributed by atoms with Crippen molar-refractivity contribution in [3.05, 3.63) is 46.5 Å². The normalized spacial score (nSPS) is 17.7. The zero-order chi connectivity index (χ0) is 26.9. The van der Waals surface area contributed by atoms with E-state index in [0.29, 0.717) is 119 Å². The fourth-order valence-electron chi connectivity index (χ4n) is 4.14. The second kappa shape index (κ2) is 13.3. The summed E-state index contributed by atoms with van der Waals surface area (Å²) in [5.41, 5.74) is 1.66. The van der Waals surface area contributed by atoms with Gasteiger partial charge in [0.2, 0.25) is 0 Å². The molecule has 1 aromatic heterocycles. The van der Waals surface area contributed by atoms with Crippen LogP contribution in [0.1, 0.15) is 0 Å². The van der Waals surface area contributed by atoms with E-state index in [0.717, 1.165) is 0 Å². The highest BCUT2D eigenvalue weighted by Crippen LogP contribution is 2.34. The van der Waals surface area contributed by atoms with Gasteiger partial charge in [0, 0.05) is 37.0 Å². The molecule has 208 valence electrons. The van der Waals surface area contributed by atoms with Crippen LogP contribution in [0.15, 0.2) is 36.4 Å². The SMILES string of the molecule is O=[N+]([O-])c1ccc2nc(Nc3ccc4c(c3)OCCOCCOCCOCCO4)c(N3CCOCC3)nc2c1. The molecule has 0 unspecified atom stereocenters. The fraction of sp³-hybridized carbons (Fsp3) is 0.462. The molecule has 39 heavy (non-hydrogen) atoms. The molecule has 0 spiro atoms. The van der Waals surface area contributed by atoms with Gasteiger partial charge in [0.1, 0.15) is 13.2 Å². The number of non-ortho nitro benzene ring substituents is 1. The third kappa shape index (κ3) is 7.20. The number of nitro benzene ring substituents is 1. The highest BCUT2D eigenvalue weighted by molar-refractivity contribution is 5.84. The van der Waals surface area contributed by atoms with Gasteiger partial charge in [-0.25, -0.2) is 9.97 Å². The maximum Gasteiger partial charge on any atom is 0.271 e. The van der Waals surface area contributed by atoms with Gasteiger partial charge in [-0.15, -0.1) is 0 Å². The van der Waals surface area contributed by atoms with Crippen molar-refractivity contribution in [1.82, 2.24) is 9.97 Å². The smallest absolute Gasteiger partial charge is 0.271 e. The van der Waals surface area contributed by atoms with E-state index in [1.807, 2.05) is 18.2 Å². The minimum Gasteiger partial charge on any atom is -0.487 e. The molecule has 0 atom stereocenters. The summed E-state index contributed by atoms with van der Waals surface area (Å²) in [7, 11) is 0. The van der Waals surface area contributed by atoms with Crippen LogP contribution in [0.3, 0.4) is 0 Å². The molecule has 13 nitrogen and oxygen atoms in total. The second-order valence-electron chi connectivity index (χ2n) is 8.75. The molecule has 0 amide bonds. The molecule has 0 saturated carbocycles. The summed E-state index contributed by atoms with van der Waals surface area (Å²) >= 11 is 0. The third-order valence-corrected chi connectivity index (χ3v) is 6.07. The number of anilines is 3. The number of nitrogens with zero attached hydrogens (tertiary/aromatic N) is 4. The monoisotopic (exact) mass is 541 g/mol. The molecule has 5 rings (SSSR count). The number of rotatable bonds is 4. The van der Waals surface area contributed by atoms with Gasteiger partial charge in [-0.05, 0) is 18.2 Å². The Bertz CT molecular complexity index is 1270. The molecule has 0 bridgehead atoms. The molecular formula is C26H31N5O8. The summed E-state index contributed by atoms with van der Waals surface area (Å²) in [5, 5.41) is 14.7. The van der Waals surface area contributed by atoms with Gasteiger partial charge in [0.05, 0.1) is 68.8 Å². The Morgan fingerprint density at radius 1 is 0.718 bits per heavy atom. The van der Waals surface area contributed by atoms with Gasteiger partial charge in [-0.1, -0.05) is 0 Å². The lowest BCUT2D eigenvalue weighted by Gasteiger charge is -2.29. The maximum atomic E-state index is 11.3. The summed E-state index contributed by atoms with van der Waals surface area (Å²) in [4.78, 5) is 22.5. The van der Waals surface area contributed by atoms with E-state index in [-0.39, 0.29) is 5.69 Å². The van der Waals surface area contributed by atoms with Crippen molar-refractivity contribution in [2.24, 2.45) is 0 Å². The van der Waals surface area contributed by atoms with Crippen molar-refractivity contribution in [3.8, 4) is 11.5 Å². The molecule has 1 fully saturated rings. The summed E-state index contributed by atoms with van der Waals surface area (Å²) in [6, 6.07) is 9.99. The van der Waals surface area contributed by atoms with Gasteiger partial charge >= 0.3 is 0 Å². The number of hydrogen-bond donors (Lipinski definition) is 1. The van der Waals surface area contributed by atoms with Crippen molar-refractivity contribution in [1.29, 1.82) is 0 Å². The molecule has 0 aliphatic carbocycles. The number of fused-ring (bicyclic) bond motifs is 2. The first-order valence-corrected chi connectivity index (χ1v) is 12.9. The molecule has 3 aromatic rings. The van der Waals surface area contributed by atoms with E-state index in [4.69, 9.17) is 38.4 Å². The third-order valence-electron chi connectivity index (χ3n) is 6.07. The van der Waals surface area contributed by atoms with Crippen molar-refractivity contribution >= 4 is 34.0 Å². The van der Waals surface area contributed by atoms with Crippen molar-refractivity contribution in [2.45, 2.75) is 0 Å². The topological polar surface area (TPSA) is 140 Å². The lowest BCUT2D eigenvalue weighted by molar-refractivity contribution is -0.384. The lowest BCUT2D eigenvalue weighted by atomic mass is 10.2. The Labute approximate surface area is 225 Å². The second-order valence-corrected chi connectivity index (χ2v) is 8.75. The van der Waals surface area contributed by atoms with E-state index in [2.05, 4.69) is 10.2 Å². The van der Waals surface area contributed by atoms with Crippen LogP contribution in [0.25, 0.3) is 11.0 Å². The molecule has 2 aromatic carbocycles. The summed E-state index contributed by atoms with van der Waals surface area (Å²) in [6.45, 7) is 5.84. The molecule has 13 heteroatoms. The highest BCUT2D eigenvalue weighted by atomic mass is 16.6. The summed E-state index contributed by atoms with van der Waals surface area (Å²) < 4.78 is 34.0. The zero-order valence-electron chi connectivity index (χ0n) is 21.5. The van der Waals surface area contributed by atoms with Gasteiger partial charge in [-0.2, -0.15) is 0 Å². The number of morpholine rings is 1. The van der Waals surface area contributed by atoms with Gasteiger partial charge in [0.25, 0.3) is 5.69 Å². The first kappa shape index (κ1) is 26.8. The van der Waals surface area contributed by atoms with Crippen molar-refractivity contribution < 1.29 is 33.3 Å². The average Bonchev–Trinajstić information content (AvgIpc) is 2.96. The molecule has 2 aliphatic heterocycles. The Hall–Kier alpha value is -3.78. The van der Waals surface area contributed by atoms with Crippen LogP contribution < -0.4 is 19.7 Å². The average molecular weight is 542 g/mol. The van der Waals surface area contributed by atoms with Crippen LogP contribution in [0, 0.1) is 10.1 Å². The predicted molar refractivity (Wildman–Crippen MR) is 142 cm³/mol. The largest absolute Gasteiger partial charge is 0.487 e. The quantitative estimate of drug-likeness (QED) is 0.384. The Morgan fingerprint density at radius 2 is 1.36 bits per heavy atom. The first-order valence-electron chi connectivity index (χ1n) is 12.9. The maximum absolute atomic E-state index is 11.3. The van der Waals surface area contributed by atoms with E-state index < -0.39 is 4.92 Å². The lowest BCUT2D eigenvalue weighted by Crippen LogP contribution is -2.37. The van der Waals surface area contributed by atoms with Crippen LogP contribution in [0.4, 0.5) is 23.0 Å². The Morgan fingerprint density at radius 3 is 2.05 bits per heavy atom. The molecule has 2 aliphatic rings. The van der Waals surface area contributed by atoms with Gasteiger partial charge in [-0.3, -0.25) is 10.1 Å². The van der Waals surface area contributed by atoms with Gasteiger partial charge in [0.15, 0.2) is 23.1 Å². The van der Waals surface area contributed by atoms with E-state index in [1.165, 1.54) is 12.1 Å². The number of nitrogens with one attached hydrogen (secondary N) is 1. The van der Waals surface area contributed by atoms with Crippen LogP contribution in [0.2, 0.25) is 0 Å². The van der Waals surface area contributed by atoms with Crippen molar-refractivity contribution in [2.75, 3.05) is 89.4 Å². The van der Waals surface area contributed by atoms with Crippen LogP contribution in [0.5, 0.6) is 11.5 Å². The predicted octanol–water partition coefficient (Wildman–Crippen LogP) is 2.94. The zero-order valence-corrected chi connectivity index (χ0v) is 21.5. The number of benzene rings is 2. The molecule has 0 radical (unpaired) electrons. The fourth-order valence-corrected chi connectivity index (χ4v) is 4.14. The summed E-state index contributed by atoms with van der Waals surface area (Å²) in [6.07, 6.45) is 0. The number of ether oxygens (including phenoxy) is 6. The van der Waals surface area contributed by atoms with Crippen LogP contribution >= 0.6 is 0 Å². The van der Waals surface area contributed by atoms with Gasteiger partial charge < -0.3 is 38.6 Å². The first-order chi connectivity index (χ1) is 19.2. The molecular weight excluding hydrogens is 510 g/mol. The minimum absolute atomic E-state index is 0.0358. The van der Waals surface area contributed by atoms with E-state index in [1.54, 1.807) is 6.07 Å². The van der Waals surface area contributed by atoms with Crippen molar-refractivity contribution in [3.63, 3.8) is 0 Å². The Balaban J connectivity index is 1.42. The van der Waals surface area contributed by atoms with E-state index in [9.17, 15) is 10.1 Å². The van der Waals surface area contributed by atoms with E-state index >= 15 is 0 Å².